The number of amides is 1. The van der Waals surface area contributed by atoms with Crippen molar-refractivity contribution in [2.75, 3.05) is 57.4 Å². The smallest absolute Gasteiger partial charge is 0.239 e. The highest BCUT2D eigenvalue weighted by Crippen LogP contribution is 2.37. The van der Waals surface area contributed by atoms with E-state index in [1.54, 1.807) is 0 Å². The van der Waals surface area contributed by atoms with Crippen molar-refractivity contribution in [2.24, 2.45) is 0 Å². The maximum Gasteiger partial charge on any atom is 0.239 e. The summed E-state index contributed by atoms with van der Waals surface area (Å²) in [6, 6.07) is 8.34. The SMILES string of the molecule is CC1CN(CC(=O)NCCN2CCOCC2)c2ccccc2S1. The van der Waals surface area contributed by atoms with Crippen molar-refractivity contribution < 1.29 is 9.53 Å². The Morgan fingerprint density at radius 1 is 1.35 bits per heavy atom. The number of nitrogens with one attached hydrogen (secondary N) is 1. The number of carbonyl (C=O) groups is 1. The highest BCUT2D eigenvalue weighted by molar-refractivity contribution is 8.00. The number of benzene rings is 1. The second-order valence-electron chi connectivity index (χ2n) is 6.08. The van der Waals surface area contributed by atoms with Gasteiger partial charge in [-0.2, -0.15) is 0 Å². The predicted octanol–water partition coefficient (Wildman–Crippen LogP) is 1.44. The molecule has 3 rings (SSSR count). The number of carbonyl (C=O) groups excluding carboxylic acids is 1. The Morgan fingerprint density at radius 2 is 2.13 bits per heavy atom. The van der Waals surface area contributed by atoms with Gasteiger partial charge in [-0.05, 0) is 12.1 Å². The van der Waals surface area contributed by atoms with E-state index in [4.69, 9.17) is 4.74 Å². The highest BCUT2D eigenvalue weighted by Gasteiger charge is 2.23. The van der Waals surface area contributed by atoms with E-state index in [0.29, 0.717) is 18.3 Å². The molecule has 0 saturated carbocycles. The summed E-state index contributed by atoms with van der Waals surface area (Å²) in [5.41, 5.74) is 1.18. The number of anilines is 1. The van der Waals surface area contributed by atoms with Gasteiger partial charge < -0.3 is 15.0 Å². The molecular formula is C17H25N3O2S. The first-order valence-corrected chi connectivity index (χ1v) is 9.18. The van der Waals surface area contributed by atoms with E-state index < -0.39 is 0 Å². The third-order valence-corrected chi connectivity index (χ3v) is 5.35. The van der Waals surface area contributed by atoms with Crippen molar-refractivity contribution in [3.63, 3.8) is 0 Å². The topological polar surface area (TPSA) is 44.8 Å². The fourth-order valence-electron chi connectivity index (χ4n) is 3.04. The van der Waals surface area contributed by atoms with Crippen LogP contribution in [0.5, 0.6) is 0 Å². The van der Waals surface area contributed by atoms with Crippen LogP contribution in [-0.2, 0) is 9.53 Å². The molecule has 1 atom stereocenters. The standard InChI is InChI=1S/C17H25N3O2S/c1-14-12-20(15-4-2-3-5-16(15)23-14)13-17(21)18-6-7-19-8-10-22-11-9-19/h2-5,14H,6-13H2,1H3,(H,18,21). The number of morpholine rings is 1. The Bertz CT molecular complexity index is 534. The summed E-state index contributed by atoms with van der Waals surface area (Å²) in [6.07, 6.45) is 0. The van der Waals surface area contributed by atoms with Gasteiger partial charge in [-0.1, -0.05) is 19.1 Å². The maximum absolute atomic E-state index is 12.3. The molecular weight excluding hydrogens is 310 g/mol. The molecule has 2 aliphatic rings. The maximum atomic E-state index is 12.3. The van der Waals surface area contributed by atoms with Gasteiger partial charge in [0.15, 0.2) is 0 Å². The Balaban J connectivity index is 1.48. The summed E-state index contributed by atoms with van der Waals surface area (Å²) >= 11 is 1.89. The third-order valence-electron chi connectivity index (χ3n) is 4.20. The lowest BCUT2D eigenvalue weighted by Crippen LogP contribution is -2.45. The summed E-state index contributed by atoms with van der Waals surface area (Å²) in [5, 5.41) is 3.56. The third kappa shape index (κ3) is 4.62. The molecule has 2 aliphatic heterocycles. The first kappa shape index (κ1) is 16.6. The van der Waals surface area contributed by atoms with Crippen molar-refractivity contribution >= 4 is 23.4 Å². The molecule has 0 aromatic heterocycles. The summed E-state index contributed by atoms with van der Waals surface area (Å²) in [5.74, 6) is 0.104. The van der Waals surface area contributed by atoms with Crippen molar-refractivity contribution in [3.8, 4) is 0 Å². The lowest BCUT2D eigenvalue weighted by atomic mass is 10.2. The molecule has 6 heteroatoms. The van der Waals surface area contributed by atoms with E-state index in [9.17, 15) is 4.79 Å². The van der Waals surface area contributed by atoms with Crippen molar-refractivity contribution in [1.82, 2.24) is 10.2 Å². The molecule has 0 bridgehead atoms. The molecule has 1 aromatic rings. The van der Waals surface area contributed by atoms with Gasteiger partial charge in [-0.15, -0.1) is 11.8 Å². The van der Waals surface area contributed by atoms with Crippen molar-refractivity contribution in [3.05, 3.63) is 24.3 Å². The van der Waals surface area contributed by atoms with E-state index in [1.807, 2.05) is 17.8 Å². The molecule has 1 aromatic carbocycles. The van der Waals surface area contributed by atoms with E-state index >= 15 is 0 Å². The zero-order valence-corrected chi connectivity index (χ0v) is 14.5. The first-order chi connectivity index (χ1) is 11.2. The van der Waals surface area contributed by atoms with Gasteiger partial charge in [-0.25, -0.2) is 0 Å². The Kier molecular flexibility index (Phi) is 5.80. The Labute approximate surface area is 142 Å². The second-order valence-corrected chi connectivity index (χ2v) is 7.56. The largest absolute Gasteiger partial charge is 0.379 e. The minimum absolute atomic E-state index is 0.104. The van der Waals surface area contributed by atoms with Crippen LogP contribution in [0.2, 0.25) is 0 Å². The molecule has 23 heavy (non-hydrogen) atoms. The molecule has 126 valence electrons. The van der Waals surface area contributed by atoms with E-state index in [2.05, 4.69) is 40.2 Å². The molecule has 0 aliphatic carbocycles. The molecule has 1 N–H and O–H groups in total. The van der Waals surface area contributed by atoms with E-state index in [0.717, 1.165) is 39.4 Å². The monoisotopic (exact) mass is 335 g/mol. The lowest BCUT2D eigenvalue weighted by Gasteiger charge is -2.33. The van der Waals surface area contributed by atoms with E-state index in [-0.39, 0.29) is 5.91 Å². The quantitative estimate of drug-likeness (QED) is 0.882. The summed E-state index contributed by atoms with van der Waals surface area (Å²) in [6.45, 7) is 8.69. The number of hydrogen-bond acceptors (Lipinski definition) is 5. The molecule has 1 unspecified atom stereocenters. The van der Waals surface area contributed by atoms with Gasteiger partial charge in [0.25, 0.3) is 0 Å². The number of fused-ring (bicyclic) bond motifs is 1. The summed E-state index contributed by atoms with van der Waals surface area (Å²) < 4.78 is 5.33. The van der Waals surface area contributed by atoms with Gasteiger partial charge in [0, 0.05) is 42.9 Å². The summed E-state index contributed by atoms with van der Waals surface area (Å²) in [7, 11) is 0. The highest BCUT2D eigenvalue weighted by atomic mass is 32.2. The predicted molar refractivity (Wildman–Crippen MR) is 94.2 cm³/mol. The zero-order chi connectivity index (χ0) is 16.1. The Morgan fingerprint density at radius 3 is 2.96 bits per heavy atom. The molecule has 1 saturated heterocycles. The van der Waals surface area contributed by atoms with Crippen LogP contribution in [0, 0.1) is 0 Å². The van der Waals surface area contributed by atoms with Crippen LogP contribution in [0.4, 0.5) is 5.69 Å². The number of hydrogen-bond donors (Lipinski definition) is 1. The summed E-state index contributed by atoms with van der Waals surface area (Å²) in [4.78, 5) is 18.1. The van der Waals surface area contributed by atoms with Crippen LogP contribution in [0.25, 0.3) is 0 Å². The van der Waals surface area contributed by atoms with Crippen LogP contribution in [0.15, 0.2) is 29.2 Å². The zero-order valence-electron chi connectivity index (χ0n) is 13.7. The molecule has 1 fully saturated rings. The molecule has 0 spiro atoms. The van der Waals surface area contributed by atoms with E-state index in [1.165, 1.54) is 10.6 Å². The normalized spacial score (nSPS) is 21.8. The molecule has 2 heterocycles. The second kappa shape index (κ2) is 8.04. The molecule has 0 radical (unpaired) electrons. The minimum Gasteiger partial charge on any atom is -0.379 e. The number of thioether (sulfide) groups is 1. The van der Waals surface area contributed by atoms with Crippen molar-refractivity contribution in [1.29, 1.82) is 0 Å². The van der Waals surface area contributed by atoms with Crippen LogP contribution in [-0.4, -0.2) is 68.5 Å². The fourth-order valence-corrected chi connectivity index (χ4v) is 4.20. The van der Waals surface area contributed by atoms with Crippen LogP contribution in [0.3, 0.4) is 0 Å². The lowest BCUT2D eigenvalue weighted by molar-refractivity contribution is -0.119. The van der Waals surface area contributed by atoms with Crippen LogP contribution >= 0.6 is 11.8 Å². The average Bonchev–Trinajstić information content (AvgIpc) is 2.55. The van der Waals surface area contributed by atoms with Crippen molar-refractivity contribution in [2.45, 2.75) is 17.1 Å². The molecule has 1 amide bonds. The van der Waals surface area contributed by atoms with Gasteiger partial charge in [-0.3, -0.25) is 9.69 Å². The minimum atomic E-state index is 0.104. The van der Waals surface area contributed by atoms with Gasteiger partial charge in [0.05, 0.1) is 25.4 Å². The van der Waals surface area contributed by atoms with Crippen LogP contribution in [0.1, 0.15) is 6.92 Å². The number of nitrogens with zero attached hydrogens (tertiary/aromatic N) is 2. The van der Waals surface area contributed by atoms with Gasteiger partial charge in [0.1, 0.15) is 0 Å². The van der Waals surface area contributed by atoms with Gasteiger partial charge in [0.2, 0.25) is 5.91 Å². The number of para-hydroxylation sites is 1. The Hall–Kier alpha value is -1.24. The number of rotatable bonds is 5. The first-order valence-electron chi connectivity index (χ1n) is 8.30. The average molecular weight is 335 g/mol. The fraction of sp³-hybridized carbons (Fsp3) is 0.588. The van der Waals surface area contributed by atoms with Crippen LogP contribution < -0.4 is 10.2 Å². The molecule has 5 nitrogen and oxygen atoms in total. The van der Waals surface area contributed by atoms with Gasteiger partial charge >= 0.3 is 0 Å². The number of ether oxygens (including phenoxy) is 1.